The Labute approximate surface area is 208 Å². The van der Waals surface area contributed by atoms with Gasteiger partial charge in [-0.15, -0.1) is 0 Å². The van der Waals surface area contributed by atoms with E-state index in [1.54, 1.807) is 6.07 Å². The van der Waals surface area contributed by atoms with Gasteiger partial charge < -0.3 is 19.3 Å². The molecule has 34 heavy (non-hydrogen) atoms. The molecule has 1 atom stereocenters. The molecule has 0 N–H and O–H groups in total. The lowest BCUT2D eigenvalue weighted by Gasteiger charge is -2.43. The van der Waals surface area contributed by atoms with Crippen molar-refractivity contribution < 1.29 is 19.1 Å². The second kappa shape index (κ2) is 11.7. The standard InChI is InChI=1S/C26H38ClN3O4/c1-28(22-7-2-3-8-22)18-25(32)30-11-5-10-26(19-30,17-24(31)29-12-14-33-15-13-29)20-34-23-9-4-6-21(27)16-23/h4,6,9,16,22H,2-3,5,7-8,10-15,17-20H2,1H3. The van der Waals surface area contributed by atoms with E-state index in [0.29, 0.717) is 69.2 Å². The SMILES string of the molecule is CN(CC(=O)N1CCCC(COc2cccc(Cl)c2)(CC(=O)N2CCOCC2)C1)C1CCCC1. The Hall–Kier alpha value is -1.83. The lowest BCUT2D eigenvalue weighted by molar-refractivity contribution is -0.144. The average molecular weight is 492 g/mol. The number of benzene rings is 1. The van der Waals surface area contributed by atoms with Crippen LogP contribution in [0.1, 0.15) is 44.9 Å². The predicted molar refractivity (Wildman–Crippen MR) is 132 cm³/mol. The number of morpholine rings is 1. The smallest absolute Gasteiger partial charge is 0.236 e. The maximum Gasteiger partial charge on any atom is 0.236 e. The van der Waals surface area contributed by atoms with E-state index in [2.05, 4.69) is 11.9 Å². The van der Waals surface area contributed by atoms with Crippen molar-refractivity contribution in [3.8, 4) is 5.75 Å². The molecule has 2 heterocycles. The minimum atomic E-state index is -0.419. The van der Waals surface area contributed by atoms with Crippen LogP contribution in [0.2, 0.25) is 5.02 Å². The van der Waals surface area contributed by atoms with Crippen molar-refractivity contribution in [2.45, 2.75) is 51.0 Å². The molecule has 188 valence electrons. The Kier molecular flexibility index (Phi) is 8.72. The number of carbonyl (C=O) groups is 2. The van der Waals surface area contributed by atoms with Gasteiger partial charge in [-0.2, -0.15) is 0 Å². The molecule has 2 saturated heterocycles. The van der Waals surface area contributed by atoms with Gasteiger partial charge in [-0.3, -0.25) is 14.5 Å². The highest BCUT2D eigenvalue weighted by atomic mass is 35.5. The summed E-state index contributed by atoms with van der Waals surface area (Å²) in [5.74, 6) is 0.963. The van der Waals surface area contributed by atoms with Crippen LogP contribution in [-0.2, 0) is 14.3 Å². The Morgan fingerprint density at radius 2 is 1.88 bits per heavy atom. The summed E-state index contributed by atoms with van der Waals surface area (Å²) in [6.45, 7) is 4.51. The highest BCUT2D eigenvalue weighted by Gasteiger charge is 2.41. The van der Waals surface area contributed by atoms with Gasteiger partial charge in [0.05, 0.1) is 26.4 Å². The second-order valence-corrected chi connectivity index (χ2v) is 10.6. The number of likely N-dealkylation sites (N-methyl/N-ethyl adjacent to an activating group) is 1. The monoisotopic (exact) mass is 491 g/mol. The molecule has 1 aliphatic carbocycles. The number of rotatable bonds is 8. The summed E-state index contributed by atoms with van der Waals surface area (Å²) in [5.41, 5.74) is -0.419. The minimum absolute atomic E-state index is 0.121. The van der Waals surface area contributed by atoms with Crippen molar-refractivity contribution in [3.05, 3.63) is 29.3 Å². The molecule has 1 aromatic carbocycles. The molecular weight excluding hydrogens is 454 g/mol. The topological polar surface area (TPSA) is 62.3 Å². The largest absolute Gasteiger partial charge is 0.493 e. The maximum atomic E-state index is 13.3. The number of amides is 2. The molecule has 8 heteroatoms. The summed E-state index contributed by atoms with van der Waals surface area (Å²) in [6, 6.07) is 7.85. The second-order valence-electron chi connectivity index (χ2n) is 10.2. The van der Waals surface area contributed by atoms with Crippen LogP contribution in [0.3, 0.4) is 0 Å². The van der Waals surface area contributed by atoms with Gasteiger partial charge >= 0.3 is 0 Å². The number of ether oxygens (including phenoxy) is 2. The van der Waals surface area contributed by atoms with Crippen LogP contribution in [0.4, 0.5) is 0 Å². The van der Waals surface area contributed by atoms with E-state index in [9.17, 15) is 9.59 Å². The van der Waals surface area contributed by atoms with Gasteiger partial charge in [0.1, 0.15) is 5.75 Å². The van der Waals surface area contributed by atoms with Crippen LogP contribution in [0, 0.1) is 5.41 Å². The molecule has 3 aliphatic rings. The Bertz CT molecular complexity index is 841. The summed E-state index contributed by atoms with van der Waals surface area (Å²) >= 11 is 6.14. The Morgan fingerprint density at radius 3 is 2.62 bits per heavy atom. The van der Waals surface area contributed by atoms with Gasteiger partial charge in [-0.1, -0.05) is 30.5 Å². The van der Waals surface area contributed by atoms with E-state index in [0.717, 1.165) is 19.4 Å². The Morgan fingerprint density at radius 1 is 1.12 bits per heavy atom. The maximum absolute atomic E-state index is 13.3. The van der Waals surface area contributed by atoms with Crippen molar-refractivity contribution in [2.24, 2.45) is 5.41 Å². The molecule has 2 amide bonds. The molecule has 3 fully saturated rings. The lowest BCUT2D eigenvalue weighted by atomic mass is 9.77. The molecule has 2 aliphatic heterocycles. The average Bonchev–Trinajstić information content (AvgIpc) is 3.39. The van der Waals surface area contributed by atoms with E-state index >= 15 is 0 Å². The van der Waals surface area contributed by atoms with Crippen molar-refractivity contribution >= 4 is 23.4 Å². The first-order valence-electron chi connectivity index (χ1n) is 12.7. The zero-order valence-electron chi connectivity index (χ0n) is 20.3. The summed E-state index contributed by atoms with van der Waals surface area (Å²) in [6.07, 6.45) is 6.95. The van der Waals surface area contributed by atoms with Crippen LogP contribution in [0.5, 0.6) is 5.75 Å². The first kappa shape index (κ1) is 25.3. The van der Waals surface area contributed by atoms with Gasteiger partial charge in [0.25, 0.3) is 0 Å². The number of carbonyl (C=O) groups excluding carboxylic acids is 2. The molecule has 0 bridgehead atoms. The van der Waals surface area contributed by atoms with Gasteiger partial charge in [-0.05, 0) is 50.9 Å². The van der Waals surface area contributed by atoms with E-state index in [1.165, 1.54) is 25.7 Å². The fraction of sp³-hybridized carbons (Fsp3) is 0.692. The van der Waals surface area contributed by atoms with Gasteiger partial charge in [0.2, 0.25) is 11.8 Å². The molecular formula is C26H38ClN3O4. The third-order valence-corrected chi connectivity index (χ3v) is 7.81. The number of piperidine rings is 1. The minimum Gasteiger partial charge on any atom is -0.493 e. The number of hydrogen-bond donors (Lipinski definition) is 0. The molecule has 1 saturated carbocycles. The fourth-order valence-electron chi connectivity index (χ4n) is 5.56. The molecule has 7 nitrogen and oxygen atoms in total. The Balaban J connectivity index is 1.45. The summed E-state index contributed by atoms with van der Waals surface area (Å²) < 4.78 is 11.6. The number of hydrogen-bond acceptors (Lipinski definition) is 5. The van der Waals surface area contributed by atoms with E-state index in [1.807, 2.05) is 28.0 Å². The zero-order valence-corrected chi connectivity index (χ0v) is 21.1. The number of likely N-dealkylation sites (tertiary alicyclic amines) is 1. The number of halogens is 1. The predicted octanol–water partition coefficient (Wildman–Crippen LogP) is 3.45. The van der Waals surface area contributed by atoms with E-state index < -0.39 is 5.41 Å². The molecule has 1 aromatic rings. The highest BCUT2D eigenvalue weighted by molar-refractivity contribution is 6.30. The summed E-state index contributed by atoms with van der Waals surface area (Å²) in [4.78, 5) is 32.6. The normalized spacial score (nSPS) is 24.0. The van der Waals surface area contributed by atoms with Crippen molar-refractivity contribution in [2.75, 3.05) is 59.6 Å². The molecule has 4 rings (SSSR count). The highest BCUT2D eigenvalue weighted by Crippen LogP contribution is 2.36. The van der Waals surface area contributed by atoms with Gasteiger partial charge in [-0.25, -0.2) is 0 Å². The van der Waals surface area contributed by atoms with Crippen LogP contribution < -0.4 is 4.74 Å². The van der Waals surface area contributed by atoms with Crippen molar-refractivity contribution in [3.63, 3.8) is 0 Å². The third-order valence-electron chi connectivity index (χ3n) is 7.58. The molecule has 0 radical (unpaired) electrons. The lowest BCUT2D eigenvalue weighted by Crippen LogP contribution is -2.53. The van der Waals surface area contributed by atoms with Crippen LogP contribution >= 0.6 is 11.6 Å². The van der Waals surface area contributed by atoms with E-state index in [4.69, 9.17) is 21.1 Å². The molecule has 1 unspecified atom stereocenters. The molecule has 0 aromatic heterocycles. The van der Waals surface area contributed by atoms with Gasteiger partial charge in [0.15, 0.2) is 0 Å². The number of nitrogens with zero attached hydrogens (tertiary/aromatic N) is 3. The van der Waals surface area contributed by atoms with Crippen LogP contribution in [-0.4, -0.2) is 92.1 Å². The summed E-state index contributed by atoms with van der Waals surface area (Å²) in [5, 5.41) is 0.617. The summed E-state index contributed by atoms with van der Waals surface area (Å²) in [7, 11) is 2.06. The van der Waals surface area contributed by atoms with E-state index in [-0.39, 0.29) is 11.8 Å². The van der Waals surface area contributed by atoms with Crippen molar-refractivity contribution in [1.29, 1.82) is 0 Å². The van der Waals surface area contributed by atoms with Gasteiger partial charge in [0, 0.05) is 49.1 Å². The quantitative estimate of drug-likeness (QED) is 0.557. The van der Waals surface area contributed by atoms with Crippen LogP contribution in [0.15, 0.2) is 24.3 Å². The first-order valence-corrected chi connectivity index (χ1v) is 13.0. The third kappa shape index (κ3) is 6.64. The zero-order chi connectivity index (χ0) is 24.0. The fourth-order valence-corrected chi connectivity index (χ4v) is 5.74. The molecule has 0 spiro atoms. The first-order chi connectivity index (χ1) is 16.4. The van der Waals surface area contributed by atoms with Crippen molar-refractivity contribution in [1.82, 2.24) is 14.7 Å². The van der Waals surface area contributed by atoms with Crippen LogP contribution in [0.25, 0.3) is 0 Å².